The Morgan fingerprint density at radius 1 is 1.40 bits per heavy atom. The number of nitrogens with one attached hydrogen (secondary N) is 1. The van der Waals surface area contributed by atoms with E-state index in [4.69, 9.17) is 5.73 Å². The standard InChI is InChI=1S/C16H25N3O/c1-3-18-11-16(20)19-8-6-13(7-9-19)15-5-4-14(17)10-12(15)2/h4-5,10,13,18H,3,6-9,11,17H2,1-2H3. The van der Waals surface area contributed by atoms with Crippen LogP contribution < -0.4 is 11.1 Å². The molecule has 4 nitrogen and oxygen atoms in total. The van der Waals surface area contributed by atoms with E-state index < -0.39 is 0 Å². The summed E-state index contributed by atoms with van der Waals surface area (Å²) in [6.07, 6.45) is 2.09. The summed E-state index contributed by atoms with van der Waals surface area (Å²) < 4.78 is 0. The van der Waals surface area contributed by atoms with Gasteiger partial charge >= 0.3 is 0 Å². The first kappa shape index (κ1) is 14.9. The second-order valence-corrected chi connectivity index (χ2v) is 5.55. The quantitative estimate of drug-likeness (QED) is 0.825. The third-order valence-electron chi connectivity index (χ3n) is 4.11. The van der Waals surface area contributed by atoms with Crippen LogP contribution in [-0.4, -0.2) is 37.0 Å². The zero-order chi connectivity index (χ0) is 14.5. The van der Waals surface area contributed by atoms with Crippen LogP contribution in [0.25, 0.3) is 0 Å². The van der Waals surface area contributed by atoms with E-state index in [2.05, 4.69) is 18.3 Å². The molecular formula is C16H25N3O. The molecule has 4 heteroatoms. The minimum absolute atomic E-state index is 0.222. The molecule has 1 aromatic rings. The maximum Gasteiger partial charge on any atom is 0.236 e. The van der Waals surface area contributed by atoms with Gasteiger partial charge < -0.3 is 16.0 Å². The molecule has 1 amide bonds. The zero-order valence-corrected chi connectivity index (χ0v) is 12.5. The second-order valence-electron chi connectivity index (χ2n) is 5.55. The Bertz CT molecular complexity index is 465. The van der Waals surface area contributed by atoms with E-state index in [1.165, 1.54) is 11.1 Å². The van der Waals surface area contributed by atoms with E-state index in [0.717, 1.165) is 38.2 Å². The van der Waals surface area contributed by atoms with Crippen LogP contribution in [0.2, 0.25) is 0 Å². The number of hydrogen-bond donors (Lipinski definition) is 2. The first-order chi connectivity index (χ1) is 9.61. The lowest BCUT2D eigenvalue weighted by atomic mass is 9.86. The van der Waals surface area contributed by atoms with Gasteiger partial charge in [-0.05, 0) is 55.5 Å². The van der Waals surface area contributed by atoms with Gasteiger partial charge in [-0.1, -0.05) is 13.0 Å². The summed E-state index contributed by atoms with van der Waals surface area (Å²) in [5.74, 6) is 0.776. The second kappa shape index (κ2) is 6.75. The summed E-state index contributed by atoms with van der Waals surface area (Å²) in [6.45, 7) is 7.16. The molecule has 110 valence electrons. The number of nitrogens with zero attached hydrogens (tertiary/aromatic N) is 1. The molecule has 0 unspecified atom stereocenters. The minimum Gasteiger partial charge on any atom is -0.399 e. The van der Waals surface area contributed by atoms with Gasteiger partial charge in [0.25, 0.3) is 0 Å². The van der Waals surface area contributed by atoms with Gasteiger partial charge in [0.2, 0.25) is 5.91 Å². The largest absolute Gasteiger partial charge is 0.399 e. The van der Waals surface area contributed by atoms with Gasteiger partial charge in [0.05, 0.1) is 6.54 Å². The van der Waals surface area contributed by atoms with Crippen LogP contribution in [0, 0.1) is 6.92 Å². The van der Waals surface area contributed by atoms with Gasteiger partial charge in [0.1, 0.15) is 0 Å². The number of carbonyl (C=O) groups excluding carboxylic acids is 1. The highest BCUT2D eigenvalue weighted by molar-refractivity contribution is 5.78. The Morgan fingerprint density at radius 2 is 2.10 bits per heavy atom. The van der Waals surface area contributed by atoms with Crippen molar-refractivity contribution in [1.29, 1.82) is 0 Å². The molecule has 1 heterocycles. The van der Waals surface area contributed by atoms with Crippen molar-refractivity contribution in [3.63, 3.8) is 0 Å². The fourth-order valence-electron chi connectivity index (χ4n) is 2.94. The molecular weight excluding hydrogens is 250 g/mol. The first-order valence-electron chi connectivity index (χ1n) is 7.46. The summed E-state index contributed by atoms with van der Waals surface area (Å²) in [4.78, 5) is 13.9. The number of benzene rings is 1. The number of anilines is 1. The number of piperidine rings is 1. The van der Waals surface area contributed by atoms with E-state index >= 15 is 0 Å². The van der Waals surface area contributed by atoms with Crippen LogP contribution in [-0.2, 0) is 4.79 Å². The monoisotopic (exact) mass is 275 g/mol. The topological polar surface area (TPSA) is 58.4 Å². The maximum absolute atomic E-state index is 12.0. The number of amides is 1. The number of rotatable bonds is 4. The van der Waals surface area contributed by atoms with Crippen molar-refractivity contribution in [3.05, 3.63) is 29.3 Å². The molecule has 20 heavy (non-hydrogen) atoms. The molecule has 3 N–H and O–H groups in total. The van der Waals surface area contributed by atoms with Crippen molar-refractivity contribution in [2.75, 3.05) is 31.9 Å². The molecule has 0 aliphatic carbocycles. The Hall–Kier alpha value is -1.55. The molecule has 1 aliphatic rings. The van der Waals surface area contributed by atoms with Gasteiger partial charge in [0.15, 0.2) is 0 Å². The number of likely N-dealkylation sites (tertiary alicyclic amines) is 1. The Kier molecular flexibility index (Phi) is 5.01. The van der Waals surface area contributed by atoms with Crippen LogP contribution >= 0.6 is 0 Å². The zero-order valence-electron chi connectivity index (χ0n) is 12.5. The predicted molar refractivity (Wildman–Crippen MR) is 82.7 cm³/mol. The number of nitrogens with two attached hydrogens (primary N) is 1. The van der Waals surface area contributed by atoms with Crippen molar-refractivity contribution in [1.82, 2.24) is 10.2 Å². The highest BCUT2D eigenvalue weighted by Gasteiger charge is 2.24. The summed E-state index contributed by atoms with van der Waals surface area (Å²) in [5.41, 5.74) is 9.28. The summed E-state index contributed by atoms with van der Waals surface area (Å²) in [5, 5.41) is 3.10. The fraction of sp³-hybridized carbons (Fsp3) is 0.562. The number of hydrogen-bond acceptors (Lipinski definition) is 3. The third kappa shape index (κ3) is 3.51. The lowest BCUT2D eigenvalue weighted by Gasteiger charge is -2.33. The third-order valence-corrected chi connectivity index (χ3v) is 4.11. The number of likely N-dealkylation sites (N-methyl/N-ethyl adjacent to an activating group) is 1. The smallest absolute Gasteiger partial charge is 0.236 e. The maximum atomic E-state index is 12.0. The van der Waals surface area contributed by atoms with E-state index in [0.29, 0.717) is 12.5 Å². The Labute approximate surface area is 121 Å². The minimum atomic E-state index is 0.222. The molecule has 0 atom stereocenters. The lowest BCUT2D eigenvalue weighted by molar-refractivity contribution is -0.131. The van der Waals surface area contributed by atoms with Gasteiger partial charge in [-0.25, -0.2) is 0 Å². The molecule has 1 fully saturated rings. The highest BCUT2D eigenvalue weighted by atomic mass is 16.2. The molecule has 1 aromatic carbocycles. The van der Waals surface area contributed by atoms with Crippen molar-refractivity contribution in [2.24, 2.45) is 0 Å². The average Bonchev–Trinajstić information content (AvgIpc) is 2.45. The first-order valence-corrected chi connectivity index (χ1v) is 7.46. The molecule has 1 aliphatic heterocycles. The molecule has 0 aromatic heterocycles. The summed E-state index contributed by atoms with van der Waals surface area (Å²) >= 11 is 0. The van der Waals surface area contributed by atoms with Crippen molar-refractivity contribution < 1.29 is 4.79 Å². The van der Waals surface area contributed by atoms with Crippen LogP contribution in [0.15, 0.2) is 18.2 Å². The number of nitrogen functional groups attached to an aromatic ring is 1. The predicted octanol–water partition coefficient (Wildman–Crippen LogP) is 1.89. The van der Waals surface area contributed by atoms with Crippen molar-refractivity contribution >= 4 is 11.6 Å². The van der Waals surface area contributed by atoms with Crippen molar-refractivity contribution in [2.45, 2.75) is 32.6 Å². The van der Waals surface area contributed by atoms with Gasteiger partial charge in [-0.3, -0.25) is 4.79 Å². The normalized spacial score (nSPS) is 16.4. The fourth-order valence-corrected chi connectivity index (χ4v) is 2.94. The van der Waals surface area contributed by atoms with Crippen LogP contribution in [0.4, 0.5) is 5.69 Å². The SMILES string of the molecule is CCNCC(=O)N1CCC(c2ccc(N)cc2C)CC1. The molecule has 0 bridgehead atoms. The van der Waals surface area contributed by atoms with E-state index in [-0.39, 0.29) is 5.91 Å². The molecule has 2 rings (SSSR count). The van der Waals surface area contributed by atoms with Crippen LogP contribution in [0.3, 0.4) is 0 Å². The molecule has 0 radical (unpaired) electrons. The lowest BCUT2D eigenvalue weighted by Crippen LogP contribution is -2.42. The van der Waals surface area contributed by atoms with Gasteiger partial charge in [0, 0.05) is 18.8 Å². The van der Waals surface area contributed by atoms with Gasteiger partial charge in [-0.2, -0.15) is 0 Å². The Balaban J connectivity index is 1.92. The average molecular weight is 275 g/mol. The summed E-state index contributed by atoms with van der Waals surface area (Å²) in [7, 11) is 0. The molecule has 1 saturated heterocycles. The Morgan fingerprint density at radius 3 is 2.70 bits per heavy atom. The van der Waals surface area contributed by atoms with E-state index in [9.17, 15) is 4.79 Å². The van der Waals surface area contributed by atoms with E-state index in [1.54, 1.807) is 0 Å². The number of aryl methyl sites for hydroxylation is 1. The van der Waals surface area contributed by atoms with Crippen LogP contribution in [0.1, 0.15) is 36.8 Å². The van der Waals surface area contributed by atoms with Crippen LogP contribution in [0.5, 0.6) is 0 Å². The number of carbonyl (C=O) groups is 1. The molecule has 0 saturated carbocycles. The molecule has 0 spiro atoms. The summed E-state index contributed by atoms with van der Waals surface area (Å²) in [6, 6.07) is 6.16. The van der Waals surface area contributed by atoms with Crippen molar-refractivity contribution in [3.8, 4) is 0 Å². The van der Waals surface area contributed by atoms with E-state index in [1.807, 2.05) is 24.0 Å². The highest BCUT2D eigenvalue weighted by Crippen LogP contribution is 2.30. The van der Waals surface area contributed by atoms with Gasteiger partial charge in [-0.15, -0.1) is 0 Å².